The highest BCUT2D eigenvalue weighted by molar-refractivity contribution is 5.96. The first-order valence-electron chi connectivity index (χ1n) is 7.10. The molecule has 1 saturated heterocycles. The van der Waals surface area contributed by atoms with Gasteiger partial charge in [0.25, 0.3) is 0 Å². The normalized spacial score (nSPS) is 28.6. The number of rotatable bonds is 4. The number of anilines is 2. The van der Waals surface area contributed by atoms with Crippen molar-refractivity contribution in [2.45, 2.75) is 12.2 Å². The zero-order chi connectivity index (χ0) is 15.9. The number of ether oxygens (including phenoxy) is 1. The van der Waals surface area contributed by atoms with Crippen LogP contribution in [-0.2, 0) is 14.3 Å². The number of carbonyl (C=O) groups is 2. The second kappa shape index (κ2) is 5.46. The summed E-state index contributed by atoms with van der Waals surface area (Å²) in [6, 6.07) is 7.32. The van der Waals surface area contributed by atoms with Crippen LogP contribution < -0.4 is 15.3 Å². The van der Waals surface area contributed by atoms with E-state index in [9.17, 15) is 14.7 Å². The van der Waals surface area contributed by atoms with Crippen LogP contribution >= 0.6 is 0 Å². The Balaban J connectivity index is 1.74. The maximum absolute atomic E-state index is 12.4. The number of amides is 1. The van der Waals surface area contributed by atoms with E-state index in [1.54, 1.807) is 24.3 Å². The number of carboxylic acid groups (broad SMARTS) is 1. The van der Waals surface area contributed by atoms with Crippen molar-refractivity contribution in [3.05, 3.63) is 36.4 Å². The Hall–Kier alpha value is -2.34. The molecule has 3 rings (SSSR count). The molecule has 1 aromatic carbocycles. The van der Waals surface area contributed by atoms with Crippen LogP contribution in [0.15, 0.2) is 36.4 Å². The molecule has 22 heavy (non-hydrogen) atoms. The largest absolute Gasteiger partial charge is 0.550 e. The third-order valence-corrected chi connectivity index (χ3v) is 4.13. The van der Waals surface area contributed by atoms with E-state index in [0.717, 1.165) is 5.69 Å². The van der Waals surface area contributed by atoms with E-state index in [0.29, 0.717) is 5.69 Å². The predicted molar refractivity (Wildman–Crippen MR) is 79.2 cm³/mol. The van der Waals surface area contributed by atoms with Gasteiger partial charge in [-0.2, -0.15) is 0 Å². The molecule has 2 heterocycles. The summed E-state index contributed by atoms with van der Waals surface area (Å²) in [6.07, 6.45) is 2.36. The molecule has 6 nitrogen and oxygen atoms in total. The molecule has 4 atom stereocenters. The van der Waals surface area contributed by atoms with E-state index in [1.807, 2.05) is 31.1 Å². The van der Waals surface area contributed by atoms with Gasteiger partial charge in [0.2, 0.25) is 5.91 Å². The van der Waals surface area contributed by atoms with Gasteiger partial charge in [-0.15, -0.1) is 0 Å². The Morgan fingerprint density at radius 3 is 2.23 bits per heavy atom. The monoisotopic (exact) mass is 301 g/mol. The van der Waals surface area contributed by atoms with Crippen molar-refractivity contribution in [3.8, 4) is 0 Å². The topological polar surface area (TPSA) is 81.7 Å². The third kappa shape index (κ3) is 2.46. The van der Waals surface area contributed by atoms with Gasteiger partial charge in [-0.1, -0.05) is 12.2 Å². The standard InChI is InChI=1S/C16H18N2O4/c1-18(2)10-5-3-9(4-6-10)17-15(19)13-11-7-8-12(22-11)14(13)16(20)21/h3-8,11-14H,1-2H3,(H,17,19)(H,20,21)/p-1/t11-,12+,13-,14-/m0/s1. The number of carboxylic acids is 1. The van der Waals surface area contributed by atoms with Crippen molar-refractivity contribution in [1.29, 1.82) is 0 Å². The molecule has 0 aliphatic carbocycles. The third-order valence-electron chi connectivity index (χ3n) is 4.13. The average molecular weight is 301 g/mol. The number of fused-ring (bicyclic) bond motifs is 2. The van der Waals surface area contributed by atoms with Crippen LogP contribution in [0.4, 0.5) is 11.4 Å². The average Bonchev–Trinajstić information content (AvgIpc) is 3.08. The van der Waals surface area contributed by atoms with Crippen molar-refractivity contribution >= 4 is 23.3 Å². The molecule has 1 fully saturated rings. The Kier molecular flexibility index (Phi) is 3.62. The number of nitrogens with zero attached hydrogens (tertiary/aromatic N) is 1. The highest BCUT2D eigenvalue weighted by atomic mass is 16.5. The minimum atomic E-state index is -1.25. The van der Waals surface area contributed by atoms with Crippen molar-refractivity contribution in [2.75, 3.05) is 24.3 Å². The second-order valence-electron chi connectivity index (χ2n) is 5.75. The van der Waals surface area contributed by atoms with Crippen LogP contribution in [0.3, 0.4) is 0 Å². The number of benzene rings is 1. The SMILES string of the molecule is CN(C)c1ccc(NC(=O)[C@@H]2[C@@H](C(=O)[O-])[C@H]3C=C[C@@H]2O3)cc1. The van der Waals surface area contributed by atoms with Gasteiger partial charge >= 0.3 is 0 Å². The van der Waals surface area contributed by atoms with E-state index in [1.165, 1.54) is 0 Å². The summed E-state index contributed by atoms with van der Waals surface area (Å²) in [5, 5.41) is 14.0. The van der Waals surface area contributed by atoms with E-state index in [-0.39, 0.29) is 5.91 Å². The highest BCUT2D eigenvalue weighted by Crippen LogP contribution is 2.39. The summed E-state index contributed by atoms with van der Waals surface area (Å²) >= 11 is 0. The van der Waals surface area contributed by atoms with Crippen molar-refractivity contribution in [2.24, 2.45) is 11.8 Å². The molecule has 2 aliphatic rings. The molecular formula is C16H17N2O4-. The molecule has 2 aliphatic heterocycles. The van der Waals surface area contributed by atoms with E-state index in [2.05, 4.69) is 5.32 Å². The van der Waals surface area contributed by atoms with E-state index >= 15 is 0 Å². The van der Waals surface area contributed by atoms with Gasteiger partial charge in [-0.3, -0.25) is 4.79 Å². The van der Waals surface area contributed by atoms with Crippen LogP contribution in [0, 0.1) is 11.8 Å². The Bertz CT molecular complexity index is 624. The molecule has 0 radical (unpaired) electrons. The maximum Gasteiger partial charge on any atom is 0.231 e. The van der Waals surface area contributed by atoms with Gasteiger partial charge < -0.3 is 24.9 Å². The molecular weight excluding hydrogens is 284 g/mol. The van der Waals surface area contributed by atoms with Gasteiger partial charge in [0, 0.05) is 37.4 Å². The Morgan fingerprint density at radius 1 is 1.09 bits per heavy atom. The molecule has 116 valence electrons. The van der Waals surface area contributed by atoms with E-state index in [4.69, 9.17) is 4.74 Å². The second-order valence-corrected chi connectivity index (χ2v) is 5.75. The van der Waals surface area contributed by atoms with Gasteiger partial charge in [-0.25, -0.2) is 0 Å². The highest BCUT2D eigenvalue weighted by Gasteiger charge is 2.50. The van der Waals surface area contributed by atoms with Crippen molar-refractivity contribution in [3.63, 3.8) is 0 Å². The molecule has 0 saturated carbocycles. The molecule has 1 amide bonds. The van der Waals surface area contributed by atoms with Gasteiger partial charge in [0.05, 0.1) is 18.1 Å². The summed E-state index contributed by atoms with van der Waals surface area (Å²) in [4.78, 5) is 25.6. The fraction of sp³-hybridized carbons (Fsp3) is 0.375. The zero-order valence-electron chi connectivity index (χ0n) is 12.4. The van der Waals surface area contributed by atoms with Crippen LogP contribution in [0.25, 0.3) is 0 Å². The molecule has 0 spiro atoms. The van der Waals surface area contributed by atoms with Crippen molar-refractivity contribution in [1.82, 2.24) is 0 Å². The molecule has 6 heteroatoms. The number of nitrogens with one attached hydrogen (secondary N) is 1. The van der Waals surface area contributed by atoms with E-state index < -0.39 is 30.0 Å². The molecule has 1 aromatic rings. The minimum Gasteiger partial charge on any atom is -0.550 e. The Morgan fingerprint density at radius 2 is 1.68 bits per heavy atom. The van der Waals surface area contributed by atoms with Crippen LogP contribution in [0.1, 0.15) is 0 Å². The minimum absolute atomic E-state index is 0.358. The lowest BCUT2D eigenvalue weighted by Gasteiger charge is -2.25. The lowest BCUT2D eigenvalue weighted by molar-refractivity contribution is -0.313. The molecule has 1 N–H and O–H groups in total. The molecule has 0 aromatic heterocycles. The number of hydrogen-bond donors (Lipinski definition) is 1. The lowest BCUT2D eigenvalue weighted by Crippen LogP contribution is -2.45. The quantitative estimate of drug-likeness (QED) is 0.792. The number of hydrogen-bond acceptors (Lipinski definition) is 5. The first kappa shape index (κ1) is 14.6. The smallest absolute Gasteiger partial charge is 0.231 e. The zero-order valence-corrected chi connectivity index (χ0v) is 12.4. The molecule has 2 bridgehead atoms. The first-order chi connectivity index (χ1) is 10.5. The number of carbonyl (C=O) groups excluding carboxylic acids is 2. The predicted octanol–water partition coefficient (Wildman–Crippen LogP) is 0.0106. The van der Waals surface area contributed by atoms with Crippen LogP contribution in [0.2, 0.25) is 0 Å². The summed E-state index contributed by atoms with van der Waals surface area (Å²) in [7, 11) is 3.86. The summed E-state index contributed by atoms with van der Waals surface area (Å²) in [5.41, 5.74) is 1.64. The van der Waals surface area contributed by atoms with Crippen molar-refractivity contribution < 1.29 is 19.4 Å². The van der Waals surface area contributed by atoms with Crippen LogP contribution in [0.5, 0.6) is 0 Å². The summed E-state index contributed by atoms with van der Waals surface area (Å²) < 4.78 is 5.47. The Labute approximate surface area is 128 Å². The maximum atomic E-state index is 12.4. The lowest BCUT2D eigenvalue weighted by atomic mass is 9.82. The fourth-order valence-electron chi connectivity index (χ4n) is 2.97. The summed E-state index contributed by atoms with van der Waals surface area (Å²) in [6.45, 7) is 0. The molecule has 0 unspecified atom stereocenters. The van der Waals surface area contributed by atoms with Crippen LogP contribution in [-0.4, -0.2) is 38.2 Å². The van der Waals surface area contributed by atoms with Gasteiger partial charge in [-0.05, 0) is 24.3 Å². The summed E-state index contributed by atoms with van der Waals surface area (Å²) in [5.74, 6) is -3.30. The van der Waals surface area contributed by atoms with Gasteiger partial charge in [0.1, 0.15) is 0 Å². The first-order valence-corrected chi connectivity index (χ1v) is 7.10. The van der Waals surface area contributed by atoms with Gasteiger partial charge in [0.15, 0.2) is 0 Å². The fourth-order valence-corrected chi connectivity index (χ4v) is 2.97. The number of aliphatic carboxylic acids is 1.